The van der Waals surface area contributed by atoms with Crippen LogP contribution >= 0.6 is 27.3 Å². The number of halogens is 1. The van der Waals surface area contributed by atoms with Gasteiger partial charge in [-0.1, -0.05) is 6.92 Å². The molecule has 1 aliphatic carbocycles. The van der Waals surface area contributed by atoms with Gasteiger partial charge in [-0.05, 0) is 53.7 Å². The van der Waals surface area contributed by atoms with Crippen LogP contribution in [0.15, 0.2) is 9.85 Å². The molecule has 0 aromatic carbocycles. The predicted molar refractivity (Wildman–Crippen MR) is 65.9 cm³/mol. The number of hydrogen-bond acceptors (Lipinski definition) is 2. The van der Waals surface area contributed by atoms with Crippen LogP contribution in [-0.4, -0.2) is 6.04 Å². The Morgan fingerprint density at radius 1 is 1.64 bits per heavy atom. The molecule has 0 radical (unpaired) electrons. The Labute approximate surface area is 98.0 Å². The van der Waals surface area contributed by atoms with Crippen LogP contribution in [-0.2, 0) is 0 Å². The summed E-state index contributed by atoms with van der Waals surface area (Å²) in [6, 6.07) is 3.53. The second-order valence-electron chi connectivity index (χ2n) is 4.31. The van der Waals surface area contributed by atoms with Gasteiger partial charge in [0.25, 0.3) is 0 Å². The van der Waals surface area contributed by atoms with Crippen LogP contribution in [0.2, 0.25) is 0 Å². The van der Waals surface area contributed by atoms with Gasteiger partial charge in [0.05, 0.1) is 3.79 Å². The molecule has 1 unspecified atom stereocenters. The van der Waals surface area contributed by atoms with Crippen molar-refractivity contribution in [2.75, 3.05) is 0 Å². The van der Waals surface area contributed by atoms with Gasteiger partial charge < -0.3 is 5.32 Å². The summed E-state index contributed by atoms with van der Waals surface area (Å²) in [6.45, 7) is 6.71. The van der Waals surface area contributed by atoms with Crippen molar-refractivity contribution in [1.82, 2.24) is 5.32 Å². The maximum absolute atomic E-state index is 3.65. The summed E-state index contributed by atoms with van der Waals surface area (Å²) in [5.41, 5.74) is 1.35. The average Bonchev–Trinajstić information content (AvgIpc) is 2.68. The summed E-state index contributed by atoms with van der Waals surface area (Å²) < 4.78 is 1.27. The monoisotopic (exact) mass is 273 g/mol. The lowest BCUT2D eigenvalue weighted by molar-refractivity contribution is 0.559. The van der Waals surface area contributed by atoms with Gasteiger partial charge in [0.1, 0.15) is 0 Å². The highest BCUT2D eigenvalue weighted by Crippen LogP contribution is 2.35. The molecule has 0 amide bonds. The van der Waals surface area contributed by atoms with E-state index in [1.165, 1.54) is 20.6 Å². The van der Waals surface area contributed by atoms with Crippen LogP contribution in [0.1, 0.15) is 36.8 Å². The third kappa shape index (κ3) is 2.20. The zero-order valence-corrected chi connectivity index (χ0v) is 11.2. The highest BCUT2D eigenvalue weighted by molar-refractivity contribution is 9.11. The van der Waals surface area contributed by atoms with Gasteiger partial charge >= 0.3 is 0 Å². The maximum atomic E-state index is 3.65. The average molecular weight is 274 g/mol. The molecule has 3 atom stereocenters. The summed E-state index contributed by atoms with van der Waals surface area (Å²) in [5.74, 6) is 0.877. The fraction of sp³-hybridized carbons (Fsp3) is 0.636. The largest absolute Gasteiger partial charge is 0.306 e. The Kier molecular flexibility index (Phi) is 3.01. The van der Waals surface area contributed by atoms with E-state index in [0.717, 1.165) is 12.0 Å². The van der Waals surface area contributed by atoms with E-state index in [1.807, 2.05) is 11.3 Å². The van der Waals surface area contributed by atoms with E-state index in [2.05, 4.69) is 48.1 Å². The third-order valence-corrected chi connectivity index (χ3v) is 5.20. The SMILES string of the molecule is Cc1cc(C(C)N[C@@H]2C[C@H]2C)sc1Br. The van der Waals surface area contributed by atoms with Gasteiger partial charge in [0, 0.05) is 17.0 Å². The number of rotatable bonds is 3. The Morgan fingerprint density at radius 3 is 2.71 bits per heavy atom. The molecule has 14 heavy (non-hydrogen) atoms. The van der Waals surface area contributed by atoms with Gasteiger partial charge in [-0.2, -0.15) is 0 Å². The van der Waals surface area contributed by atoms with Crippen molar-refractivity contribution in [1.29, 1.82) is 0 Å². The lowest BCUT2D eigenvalue weighted by Gasteiger charge is -2.10. The van der Waals surface area contributed by atoms with Crippen molar-refractivity contribution in [2.24, 2.45) is 5.92 Å². The van der Waals surface area contributed by atoms with Crippen molar-refractivity contribution in [2.45, 2.75) is 39.3 Å². The molecule has 1 nitrogen and oxygen atoms in total. The van der Waals surface area contributed by atoms with Crippen LogP contribution in [0, 0.1) is 12.8 Å². The maximum Gasteiger partial charge on any atom is 0.0731 e. The smallest absolute Gasteiger partial charge is 0.0731 e. The van der Waals surface area contributed by atoms with Crippen molar-refractivity contribution in [3.8, 4) is 0 Å². The predicted octanol–water partition coefficient (Wildman–Crippen LogP) is 3.88. The van der Waals surface area contributed by atoms with E-state index >= 15 is 0 Å². The van der Waals surface area contributed by atoms with Crippen molar-refractivity contribution in [3.63, 3.8) is 0 Å². The van der Waals surface area contributed by atoms with E-state index < -0.39 is 0 Å². The molecule has 0 spiro atoms. The number of aryl methyl sites for hydroxylation is 1. The number of thiophene rings is 1. The summed E-state index contributed by atoms with van der Waals surface area (Å²) >= 11 is 5.42. The zero-order valence-electron chi connectivity index (χ0n) is 8.80. The van der Waals surface area contributed by atoms with Crippen molar-refractivity contribution >= 4 is 27.3 Å². The van der Waals surface area contributed by atoms with Crippen molar-refractivity contribution < 1.29 is 0 Å². The standard InChI is InChI=1S/C11H16BrNS/c1-6-4-9(6)13-8(3)10-5-7(2)11(12)14-10/h5-6,8-9,13H,4H2,1-3H3/t6-,8?,9-/m1/s1. The molecule has 1 fully saturated rings. The molecule has 1 aromatic heterocycles. The second-order valence-corrected chi connectivity index (χ2v) is 6.71. The molecular formula is C11H16BrNS. The van der Waals surface area contributed by atoms with Crippen LogP contribution in [0.4, 0.5) is 0 Å². The molecular weight excluding hydrogens is 258 g/mol. The molecule has 1 aromatic rings. The Morgan fingerprint density at radius 2 is 2.29 bits per heavy atom. The lowest BCUT2D eigenvalue weighted by atomic mass is 10.2. The second kappa shape index (κ2) is 3.95. The summed E-state index contributed by atoms with van der Waals surface area (Å²) in [5, 5.41) is 3.65. The first-order valence-electron chi connectivity index (χ1n) is 5.10. The fourth-order valence-electron chi connectivity index (χ4n) is 1.65. The quantitative estimate of drug-likeness (QED) is 0.882. The summed E-state index contributed by atoms with van der Waals surface area (Å²) in [6.07, 6.45) is 1.34. The number of hydrogen-bond donors (Lipinski definition) is 1. The van der Waals surface area contributed by atoms with Gasteiger partial charge in [-0.3, -0.25) is 0 Å². The highest BCUT2D eigenvalue weighted by Gasteiger charge is 2.33. The van der Waals surface area contributed by atoms with Gasteiger partial charge in [-0.15, -0.1) is 11.3 Å². The molecule has 1 saturated carbocycles. The van der Waals surface area contributed by atoms with Gasteiger partial charge in [0.15, 0.2) is 0 Å². The first-order chi connectivity index (χ1) is 6.58. The van der Waals surface area contributed by atoms with E-state index in [9.17, 15) is 0 Å². The fourth-order valence-corrected chi connectivity index (χ4v) is 3.24. The molecule has 0 saturated heterocycles. The molecule has 1 N–H and O–H groups in total. The molecule has 3 heteroatoms. The van der Waals surface area contributed by atoms with E-state index in [4.69, 9.17) is 0 Å². The Hall–Kier alpha value is 0.140. The van der Waals surface area contributed by atoms with E-state index in [-0.39, 0.29) is 0 Å². The third-order valence-electron chi connectivity index (χ3n) is 2.88. The lowest BCUT2D eigenvalue weighted by Crippen LogP contribution is -2.21. The summed E-state index contributed by atoms with van der Waals surface area (Å²) in [7, 11) is 0. The van der Waals surface area contributed by atoms with Crippen LogP contribution in [0.25, 0.3) is 0 Å². The molecule has 78 valence electrons. The zero-order chi connectivity index (χ0) is 10.3. The molecule has 0 bridgehead atoms. The first-order valence-corrected chi connectivity index (χ1v) is 6.70. The first kappa shape index (κ1) is 10.7. The molecule has 1 aliphatic rings. The van der Waals surface area contributed by atoms with Crippen LogP contribution in [0.3, 0.4) is 0 Å². The normalized spacial score (nSPS) is 27.7. The van der Waals surface area contributed by atoms with E-state index in [0.29, 0.717) is 6.04 Å². The van der Waals surface area contributed by atoms with Gasteiger partial charge in [-0.25, -0.2) is 0 Å². The Balaban J connectivity index is 2.00. The highest BCUT2D eigenvalue weighted by atomic mass is 79.9. The number of nitrogens with one attached hydrogen (secondary N) is 1. The minimum Gasteiger partial charge on any atom is -0.306 e. The molecule has 0 aliphatic heterocycles. The topological polar surface area (TPSA) is 12.0 Å². The minimum absolute atomic E-state index is 0.500. The van der Waals surface area contributed by atoms with Crippen LogP contribution in [0.5, 0.6) is 0 Å². The van der Waals surface area contributed by atoms with E-state index in [1.54, 1.807) is 0 Å². The minimum atomic E-state index is 0.500. The van der Waals surface area contributed by atoms with Gasteiger partial charge in [0.2, 0.25) is 0 Å². The Bertz CT molecular complexity index is 315. The summed E-state index contributed by atoms with van der Waals surface area (Å²) in [4.78, 5) is 1.44. The van der Waals surface area contributed by atoms with Crippen LogP contribution < -0.4 is 5.32 Å². The van der Waals surface area contributed by atoms with Crippen molar-refractivity contribution in [3.05, 3.63) is 20.3 Å². The molecule has 2 rings (SSSR count). The molecule has 1 heterocycles.